The van der Waals surface area contributed by atoms with Crippen molar-refractivity contribution in [2.24, 2.45) is 28.6 Å². The Morgan fingerprint density at radius 2 is 1.96 bits per heavy atom. The lowest BCUT2D eigenvalue weighted by Crippen LogP contribution is -2.59. The summed E-state index contributed by atoms with van der Waals surface area (Å²) >= 11 is 0. The van der Waals surface area contributed by atoms with Gasteiger partial charge in [-0.2, -0.15) is 0 Å². The topological polar surface area (TPSA) is 145 Å². The summed E-state index contributed by atoms with van der Waals surface area (Å²) in [6.07, 6.45) is -3.36. The molecule has 8 heteroatoms. The Kier molecular flexibility index (Phi) is 2.98. The smallest absolute Gasteiger partial charge is 0.315 e. The Morgan fingerprint density at radius 1 is 1.30 bits per heavy atom. The van der Waals surface area contributed by atoms with Gasteiger partial charge in [-0.15, -0.1) is 0 Å². The maximum atomic E-state index is 12.8. The molecule has 5 rings (SSSR count). The molecule has 10 unspecified atom stereocenters. The zero-order valence-electron chi connectivity index (χ0n) is 15.0. The monoisotopic (exact) mass is 380 g/mol. The van der Waals surface area contributed by atoms with Crippen LogP contribution in [0.1, 0.15) is 32.6 Å². The molecule has 10 atom stereocenters. The number of carbonyl (C=O) groups is 2. The predicted octanol–water partition coefficient (Wildman–Crippen LogP) is -0.807. The molecule has 4 saturated carbocycles. The van der Waals surface area contributed by atoms with Crippen molar-refractivity contribution in [1.82, 2.24) is 0 Å². The third-order valence-corrected chi connectivity index (χ3v) is 8.70. The van der Waals surface area contributed by atoms with Crippen LogP contribution < -0.4 is 0 Å². The summed E-state index contributed by atoms with van der Waals surface area (Å²) in [5.74, 6) is -4.55. The third-order valence-electron chi connectivity index (χ3n) is 8.70. The fourth-order valence-electron chi connectivity index (χ4n) is 7.74. The van der Waals surface area contributed by atoms with E-state index in [1.807, 2.05) is 0 Å². The van der Waals surface area contributed by atoms with Crippen molar-refractivity contribution < 1.29 is 39.9 Å². The van der Waals surface area contributed by atoms with Crippen LogP contribution in [-0.2, 0) is 14.3 Å². The highest BCUT2D eigenvalue weighted by Gasteiger charge is 2.87. The molecular weight excluding hydrogens is 356 g/mol. The number of aliphatic hydroxyl groups is 4. The van der Waals surface area contributed by atoms with Gasteiger partial charge in [0.2, 0.25) is 0 Å². The van der Waals surface area contributed by atoms with Crippen LogP contribution in [0.5, 0.6) is 0 Å². The fourth-order valence-corrected chi connectivity index (χ4v) is 7.74. The first-order valence-corrected chi connectivity index (χ1v) is 9.39. The van der Waals surface area contributed by atoms with Gasteiger partial charge >= 0.3 is 11.9 Å². The van der Waals surface area contributed by atoms with Gasteiger partial charge in [-0.25, -0.2) is 0 Å². The van der Waals surface area contributed by atoms with Crippen LogP contribution in [0.3, 0.4) is 0 Å². The van der Waals surface area contributed by atoms with Gasteiger partial charge < -0.3 is 30.3 Å². The van der Waals surface area contributed by atoms with Crippen LogP contribution in [-0.4, -0.2) is 67.0 Å². The van der Waals surface area contributed by atoms with E-state index in [2.05, 4.69) is 6.58 Å². The SMILES string of the molecule is C=C1C(O)C23CC1(O)CCC2C12CC(O)C(O)C(C)(C(=O)O1)C2C3C(=O)O. The van der Waals surface area contributed by atoms with Gasteiger partial charge in [0.15, 0.2) is 0 Å². The van der Waals surface area contributed by atoms with E-state index < -0.39 is 70.0 Å². The molecule has 5 aliphatic rings. The molecule has 4 aliphatic carbocycles. The molecule has 0 aromatic rings. The molecule has 0 radical (unpaired) electrons. The molecule has 1 spiro atoms. The minimum atomic E-state index is -1.59. The number of aliphatic hydroxyl groups excluding tert-OH is 3. The Labute approximate surface area is 155 Å². The summed E-state index contributed by atoms with van der Waals surface area (Å²) in [6, 6.07) is 0. The van der Waals surface area contributed by atoms with Crippen LogP contribution in [0.2, 0.25) is 0 Å². The van der Waals surface area contributed by atoms with E-state index in [4.69, 9.17) is 4.74 Å². The molecule has 27 heavy (non-hydrogen) atoms. The summed E-state index contributed by atoms with van der Waals surface area (Å²) in [5.41, 5.74) is -5.25. The number of aliphatic carboxylic acids is 1. The molecule has 0 amide bonds. The van der Waals surface area contributed by atoms with Crippen molar-refractivity contribution in [1.29, 1.82) is 0 Å². The minimum absolute atomic E-state index is 0.0275. The van der Waals surface area contributed by atoms with Crippen molar-refractivity contribution in [2.45, 2.75) is 62.1 Å². The zero-order chi connectivity index (χ0) is 19.7. The maximum Gasteiger partial charge on any atom is 0.315 e. The number of ether oxygens (including phenoxy) is 1. The van der Waals surface area contributed by atoms with Gasteiger partial charge in [0.1, 0.15) is 11.0 Å². The van der Waals surface area contributed by atoms with E-state index in [1.54, 1.807) is 0 Å². The quantitative estimate of drug-likeness (QED) is 0.293. The lowest BCUT2D eigenvalue weighted by molar-refractivity contribution is -0.169. The van der Waals surface area contributed by atoms with Gasteiger partial charge in [0.25, 0.3) is 0 Å². The van der Waals surface area contributed by atoms with Crippen LogP contribution in [0.15, 0.2) is 12.2 Å². The van der Waals surface area contributed by atoms with Crippen molar-refractivity contribution in [3.05, 3.63) is 12.2 Å². The summed E-state index contributed by atoms with van der Waals surface area (Å²) in [5, 5.41) is 53.3. The van der Waals surface area contributed by atoms with E-state index in [9.17, 15) is 35.1 Å². The molecule has 148 valence electrons. The van der Waals surface area contributed by atoms with Gasteiger partial charge in [-0.05, 0) is 31.8 Å². The summed E-state index contributed by atoms with van der Waals surface area (Å²) in [4.78, 5) is 25.3. The first-order valence-electron chi connectivity index (χ1n) is 9.39. The Balaban J connectivity index is 1.80. The van der Waals surface area contributed by atoms with Gasteiger partial charge in [-0.1, -0.05) is 6.58 Å². The largest absolute Gasteiger partial charge is 0.481 e. The van der Waals surface area contributed by atoms with E-state index in [-0.39, 0.29) is 24.8 Å². The highest BCUT2D eigenvalue weighted by molar-refractivity contribution is 5.85. The van der Waals surface area contributed by atoms with Crippen LogP contribution in [0.4, 0.5) is 0 Å². The van der Waals surface area contributed by atoms with Crippen LogP contribution in [0, 0.1) is 28.6 Å². The van der Waals surface area contributed by atoms with Crippen LogP contribution in [0.25, 0.3) is 0 Å². The van der Waals surface area contributed by atoms with Gasteiger partial charge in [0.05, 0.1) is 29.8 Å². The summed E-state index contributed by atoms with van der Waals surface area (Å²) < 4.78 is 5.81. The standard InChI is InChI=1S/C19H24O8/c1-7-12(21)18-6-17(7,26)4-3-9(18)19-5-8(20)13(22)16(2,15(25)27-19)11(19)10(18)14(23)24/h8-13,20-22,26H,1,3-6H2,2H3,(H,23,24). The number of carboxylic acids is 1. The molecule has 1 saturated heterocycles. The summed E-state index contributed by atoms with van der Waals surface area (Å²) in [7, 11) is 0. The van der Waals surface area contributed by atoms with Crippen molar-refractivity contribution in [3.8, 4) is 0 Å². The lowest BCUT2D eigenvalue weighted by atomic mass is 9.58. The average Bonchev–Trinajstić information content (AvgIpc) is 3.00. The predicted molar refractivity (Wildman–Crippen MR) is 88.0 cm³/mol. The maximum absolute atomic E-state index is 12.8. The molecular formula is C19H24O8. The highest BCUT2D eigenvalue weighted by atomic mass is 16.6. The van der Waals surface area contributed by atoms with E-state index >= 15 is 0 Å². The number of esters is 1. The van der Waals surface area contributed by atoms with Crippen LogP contribution >= 0.6 is 0 Å². The second-order valence-corrected chi connectivity index (χ2v) is 9.48. The number of carboxylic acid groups (broad SMARTS) is 1. The Morgan fingerprint density at radius 3 is 2.59 bits per heavy atom. The van der Waals surface area contributed by atoms with E-state index in [0.29, 0.717) is 6.42 Å². The first kappa shape index (κ1) is 17.6. The Bertz CT molecular complexity index is 795. The van der Waals surface area contributed by atoms with Gasteiger partial charge in [-0.3, -0.25) is 9.59 Å². The van der Waals surface area contributed by atoms with Gasteiger partial charge in [0, 0.05) is 23.7 Å². The number of carbonyl (C=O) groups excluding carboxylic acids is 1. The molecule has 0 aromatic carbocycles. The molecule has 0 aromatic heterocycles. The molecule has 5 N–H and O–H groups in total. The van der Waals surface area contributed by atoms with E-state index in [1.165, 1.54) is 6.92 Å². The second-order valence-electron chi connectivity index (χ2n) is 9.48. The highest BCUT2D eigenvalue weighted by Crippen LogP contribution is 2.78. The first-order chi connectivity index (χ1) is 12.5. The van der Waals surface area contributed by atoms with Crippen molar-refractivity contribution in [3.63, 3.8) is 0 Å². The minimum Gasteiger partial charge on any atom is -0.481 e. The average molecular weight is 380 g/mol. The second kappa shape index (κ2) is 4.56. The number of hydrogen-bond donors (Lipinski definition) is 5. The number of hydrogen-bond acceptors (Lipinski definition) is 7. The fraction of sp³-hybridized carbons (Fsp3) is 0.789. The number of rotatable bonds is 1. The van der Waals surface area contributed by atoms with E-state index in [0.717, 1.165) is 0 Å². The molecule has 1 aliphatic heterocycles. The molecule has 8 nitrogen and oxygen atoms in total. The normalized spacial score (nSPS) is 60.8. The van der Waals surface area contributed by atoms with Crippen molar-refractivity contribution in [2.75, 3.05) is 0 Å². The molecule has 1 heterocycles. The Hall–Kier alpha value is -1.48. The summed E-state index contributed by atoms with van der Waals surface area (Å²) in [6.45, 7) is 5.28. The zero-order valence-corrected chi connectivity index (χ0v) is 15.0. The number of fused-ring (bicyclic) bond motifs is 1. The lowest BCUT2D eigenvalue weighted by Gasteiger charge is -2.47. The molecule has 5 fully saturated rings. The third kappa shape index (κ3) is 1.52. The van der Waals surface area contributed by atoms with Crippen molar-refractivity contribution >= 4 is 11.9 Å². The molecule has 4 bridgehead atoms.